The van der Waals surface area contributed by atoms with Crippen molar-refractivity contribution in [3.8, 4) is 29.1 Å². The molecule has 2 saturated carbocycles. The molecule has 5 aliphatic rings. The first-order chi connectivity index (χ1) is 20.3. The normalized spacial score (nSPS) is 28.8. The molecular weight excluding hydrogens is 528 g/mol. The molecule has 2 aromatic carbocycles. The van der Waals surface area contributed by atoms with Crippen molar-refractivity contribution in [2.24, 2.45) is 17.8 Å². The van der Waals surface area contributed by atoms with Crippen LogP contribution < -0.4 is 9.47 Å². The highest BCUT2D eigenvalue weighted by molar-refractivity contribution is 5.94. The van der Waals surface area contributed by atoms with Crippen LogP contribution in [0.3, 0.4) is 0 Å². The average molecular weight is 569 g/mol. The van der Waals surface area contributed by atoms with E-state index in [4.69, 9.17) is 9.47 Å². The Bertz CT molecular complexity index is 1470. The van der Waals surface area contributed by atoms with E-state index in [0.29, 0.717) is 24.3 Å². The Morgan fingerprint density at radius 2 is 1.98 bits per heavy atom. The first kappa shape index (κ1) is 27.3. The molecule has 2 heterocycles. The first-order valence-electron chi connectivity index (χ1n) is 15.6. The minimum Gasteiger partial charge on any atom is -0.508 e. The molecule has 0 aromatic heterocycles. The largest absolute Gasteiger partial charge is 0.508 e. The van der Waals surface area contributed by atoms with Crippen LogP contribution in [0.4, 0.5) is 0 Å². The third-order valence-electron chi connectivity index (χ3n) is 10.2. The number of piperidine rings is 1. The molecule has 7 rings (SSSR count). The Labute approximate surface area is 248 Å². The van der Waals surface area contributed by atoms with Gasteiger partial charge in [-0.2, -0.15) is 0 Å². The number of phenolic OH excluding ortho intramolecular Hbond substituents is 1. The number of aromatic hydroxyl groups is 1. The second-order valence-electron chi connectivity index (χ2n) is 13.4. The van der Waals surface area contributed by atoms with Crippen LogP contribution in [0.2, 0.25) is 0 Å². The summed E-state index contributed by atoms with van der Waals surface area (Å²) in [5, 5.41) is 11.3. The number of hydrogen-bond donors (Lipinski definition) is 1. The fourth-order valence-corrected chi connectivity index (χ4v) is 8.54. The lowest BCUT2D eigenvalue weighted by Crippen LogP contribution is -2.69. The van der Waals surface area contributed by atoms with Crippen LogP contribution >= 0.6 is 0 Å². The monoisotopic (exact) mass is 568 g/mol. The number of hydrogen-bond acceptors (Lipinski definition) is 6. The van der Waals surface area contributed by atoms with Crippen molar-refractivity contribution >= 4 is 11.9 Å². The van der Waals surface area contributed by atoms with Crippen molar-refractivity contribution in [3.63, 3.8) is 0 Å². The fraction of sp³-hybridized carbons (Fsp3) is 0.543. The number of rotatable bonds is 6. The third-order valence-corrected chi connectivity index (χ3v) is 10.2. The van der Waals surface area contributed by atoms with Crippen molar-refractivity contribution in [2.45, 2.75) is 82.9 Å². The van der Waals surface area contributed by atoms with Crippen LogP contribution in [0, 0.1) is 29.6 Å². The number of ether oxygens (including phenoxy) is 2. The van der Waals surface area contributed by atoms with Crippen molar-refractivity contribution in [2.75, 3.05) is 19.6 Å². The molecule has 2 aromatic rings. The van der Waals surface area contributed by atoms with Crippen LogP contribution in [0.5, 0.6) is 17.2 Å². The fourth-order valence-electron chi connectivity index (χ4n) is 8.54. The Kier molecular flexibility index (Phi) is 6.73. The number of likely N-dealkylation sites (tertiary alicyclic amines) is 1. The van der Waals surface area contributed by atoms with Gasteiger partial charge in [-0.05, 0) is 75.0 Å². The van der Waals surface area contributed by atoms with Crippen LogP contribution in [0.15, 0.2) is 36.4 Å². The van der Waals surface area contributed by atoms with E-state index in [1.54, 1.807) is 6.07 Å². The van der Waals surface area contributed by atoms with Crippen molar-refractivity contribution in [1.82, 2.24) is 9.80 Å². The molecule has 2 bridgehead atoms. The summed E-state index contributed by atoms with van der Waals surface area (Å²) in [4.78, 5) is 30.6. The van der Waals surface area contributed by atoms with Gasteiger partial charge in [0.1, 0.15) is 11.9 Å². The molecule has 1 amide bonds. The summed E-state index contributed by atoms with van der Waals surface area (Å²) in [5.41, 5.74) is 2.41. The summed E-state index contributed by atoms with van der Waals surface area (Å²) in [5.74, 6) is 7.80. The zero-order chi connectivity index (χ0) is 29.2. The number of nitrogens with zero attached hydrogens (tertiary/aromatic N) is 2. The Balaban J connectivity index is 1.31. The lowest BCUT2D eigenvalue weighted by atomic mass is 9.50. The van der Waals surface area contributed by atoms with Crippen LogP contribution in [-0.4, -0.2) is 64.6 Å². The van der Waals surface area contributed by atoms with Gasteiger partial charge >= 0.3 is 5.97 Å². The summed E-state index contributed by atoms with van der Waals surface area (Å²) >= 11 is 0. The molecule has 1 N–H and O–H groups in total. The van der Waals surface area contributed by atoms with E-state index in [1.165, 1.54) is 19.8 Å². The highest BCUT2D eigenvalue weighted by Gasteiger charge is 2.67. The Hall–Kier alpha value is -3.50. The smallest absolute Gasteiger partial charge is 0.308 e. The van der Waals surface area contributed by atoms with E-state index in [2.05, 4.69) is 30.6 Å². The number of benzene rings is 2. The van der Waals surface area contributed by atoms with E-state index >= 15 is 0 Å². The van der Waals surface area contributed by atoms with E-state index in [-0.39, 0.29) is 40.9 Å². The van der Waals surface area contributed by atoms with Crippen LogP contribution in [-0.2, 0) is 21.4 Å². The van der Waals surface area contributed by atoms with Gasteiger partial charge in [0.2, 0.25) is 0 Å². The number of phenols is 1. The Morgan fingerprint density at radius 1 is 1.19 bits per heavy atom. The molecular formula is C35H40N2O5. The minimum atomic E-state index is -0.449. The highest BCUT2D eigenvalue weighted by Crippen LogP contribution is 2.66. The average Bonchev–Trinajstić information content (AvgIpc) is 3.71. The summed E-state index contributed by atoms with van der Waals surface area (Å²) in [7, 11) is 0. The van der Waals surface area contributed by atoms with Gasteiger partial charge in [0.05, 0.1) is 6.04 Å². The van der Waals surface area contributed by atoms with E-state index < -0.39 is 5.97 Å². The molecule has 42 heavy (non-hydrogen) atoms. The van der Waals surface area contributed by atoms with Crippen LogP contribution in [0.25, 0.3) is 0 Å². The standard InChI is InChI=1S/C35H40N2O5/c1-21(2)19-37(31(40)14-11-23-7-5-4-6-8-23)27-13-12-26-28-17-25-29(39)18-30(41-22(3)38)33-32(25)35(26,34(27)42-33)15-16-36(28)20-24-9-10-24/h4-8,18,21,24,26-28,34,39H,9-10,12-13,15-17,19-20H2,1-3H3/t26-,27-,28+,34-,35-/m0/s1. The SMILES string of the molecule is CC(=O)Oc1cc(O)c2c3c1O[C@H]1[C@@H](N(CC(C)C)C(=O)C#Cc4ccccc4)CC[C@H]4[C@@H](C2)N(CC2CC2)CC[C@@]341. The van der Waals surface area contributed by atoms with E-state index in [9.17, 15) is 14.7 Å². The maximum atomic E-state index is 13.9. The number of esters is 1. The summed E-state index contributed by atoms with van der Waals surface area (Å²) < 4.78 is 12.6. The van der Waals surface area contributed by atoms with Gasteiger partial charge in [-0.3, -0.25) is 14.5 Å². The van der Waals surface area contributed by atoms with Gasteiger partial charge < -0.3 is 19.5 Å². The van der Waals surface area contributed by atoms with Crippen molar-refractivity contribution < 1.29 is 24.2 Å². The quantitative estimate of drug-likeness (QED) is 0.310. The lowest BCUT2D eigenvalue weighted by Gasteiger charge is -2.60. The molecule has 220 valence electrons. The minimum absolute atomic E-state index is 0.177. The van der Waals surface area contributed by atoms with Gasteiger partial charge in [0, 0.05) is 60.1 Å². The second-order valence-corrected chi connectivity index (χ2v) is 13.4. The molecule has 5 atom stereocenters. The predicted octanol–water partition coefficient (Wildman–Crippen LogP) is 4.67. The molecule has 7 heteroatoms. The van der Waals surface area contributed by atoms with Crippen molar-refractivity contribution in [1.29, 1.82) is 0 Å². The summed E-state index contributed by atoms with van der Waals surface area (Å²) in [6.07, 6.45) is 5.78. The zero-order valence-electron chi connectivity index (χ0n) is 24.8. The second kappa shape index (κ2) is 10.3. The molecule has 7 nitrogen and oxygen atoms in total. The molecule has 3 aliphatic carbocycles. The lowest BCUT2D eigenvalue weighted by molar-refractivity contribution is -0.137. The summed E-state index contributed by atoms with van der Waals surface area (Å²) in [6, 6.07) is 11.3. The predicted molar refractivity (Wildman–Crippen MR) is 158 cm³/mol. The maximum Gasteiger partial charge on any atom is 0.308 e. The van der Waals surface area contributed by atoms with Crippen molar-refractivity contribution in [3.05, 3.63) is 53.1 Å². The molecule has 3 fully saturated rings. The first-order valence-corrected chi connectivity index (χ1v) is 15.6. The van der Waals surface area contributed by atoms with Gasteiger partial charge in [0.25, 0.3) is 5.91 Å². The Morgan fingerprint density at radius 3 is 2.69 bits per heavy atom. The van der Waals surface area contributed by atoms with E-state index in [0.717, 1.165) is 61.4 Å². The molecule has 0 radical (unpaired) electrons. The number of amides is 1. The number of carbonyl (C=O) groups excluding carboxylic acids is 2. The van der Waals surface area contributed by atoms with Crippen LogP contribution in [0.1, 0.15) is 69.6 Å². The highest BCUT2D eigenvalue weighted by atomic mass is 16.6. The molecule has 2 aliphatic heterocycles. The summed E-state index contributed by atoms with van der Waals surface area (Å²) in [6.45, 7) is 8.29. The van der Waals surface area contributed by atoms with Gasteiger partial charge in [-0.1, -0.05) is 38.0 Å². The zero-order valence-corrected chi connectivity index (χ0v) is 24.8. The third kappa shape index (κ3) is 4.46. The maximum absolute atomic E-state index is 13.9. The molecule has 0 unspecified atom stereocenters. The molecule has 1 spiro atoms. The van der Waals surface area contributed by atoms with Gasteiger partial charge in [-0.25, -0.2) is 0 Å². The van der Waals surface area contributed by atoms with Gasteiger partial charge in [-0.15, -0.1) is 0 Å². The topological polar surface area (TPSA) is 79.3 Å². The number of carbonyl (C=O) groups is 2. The van der Waals surface area contributed by atoms with Gasteiger partial charge in [0.15, 0.2) is 11.5 Å². The van der Waals surface area contributed by atoms with E-state index in [1.807, 2.05) is 35.2 Å². The molecule has 1 saturated heterocycles.